The highest BCUT2D eigenvalue weighted by molar-refractivity contribution is 6.30. The molecule has 1 aromatic carbocycles. The molecule has 1 aliphatic heterocycles. The molecule has 0 spiro atoms. The molecule has 2 heterocycles. The van der Waals surface area contributed by atoms with E-state index >= 15 is 0 Å². The van der Waals surface area contributed by atoms with Gasteiger partial charge in [0.05, 0.1) is 7.11 Å². The SMILES string of the molecule is COC(=O)[C@@H](c1cccnc1)N1CCN(C(=O)c2ccc(Cl)cc2)CC1. The number of amides is 1. The highest BCUT2D eigenvalue weighted by Crippen LogP contribution is 2.23. The fraction of sp³-hybridized carbons (Fsp3) is 0.316. The minimum absolute atomic E-state index is 0.0303. The lowest BCUT2D eigenvalue weighted by molar-refractivity contribution is -0.148. The van der Waals surface area contributed by atoms with Crippen LogP contribution in [0.15, 0.2) is 48.8 Å². The van der Waals surface area contributed by atoms with Crippen LogP contribution in [0.5, 0.6) is 0 Å². The highest BCUT2D eigenvalue weighted by Gasteiger charge is 2.32. The van der Waals surface area contributed by atoms with Gasteiger partial charge in [0, 0.05) is 49.2 Å². The van der Waals surface area contributed by atoms with E-state index in [-0.39, 0.29) is 11.9 Å². The van der Waals surface area contributed by atoms with Crippen molar-refractivity contribution in [3.8, 4) is 0 Å². The number of ether oxygens (including phenoxy) is 1. The smallest absolute Gasteiger partial charge is 0.327 e. The summed E-state index contributed by atoms with van der Waals surface area (Å²) in [5.41, 5.74) is 1.40. The Morgan fingerprint density at radius 3 is 2.38 bits per heavy atom. The topological polar surface area (TPSA) is 62.7 Å². The molecular weight excluding hydrogens is 354 g/mol. The monoisotopic (exact) mass is 373 g/mol. The van der Waals surface area contributed by atoms with Crippen LogP contribution in [0.25, 0.3) is 0 Å². The number of aromatic nitrogens is 1. The Labute approximate surface area is 157 Å². The Balaban J connectivity index is 1.69. The van der Waals surface area contributed by atoms with Crippen LogP contribution in [0, 0.1) is 0 Å². The largest absolute Gasteiger partial charge is 0.468 e. The quantitative estimate of drug-likeness (QED) is 0.770. The number of methoxy groups -OCH3 is 1. The molecule has 0 aliphatic carbocycles. The first-order valence-electron chi connectivity index (χ1n) is 8.37. The van der Waals surface area contributed by atoms with Gasteiger partial charge in [-0.15, -0.1) is 0 Å². The summed E-state index contributed by atoms with van der Waals surface area (Å²) in [6.45, 7) is 2.23. The van der Waals surface area contributed by atoms with Crippen LogP contribution in [0.1, 0.15) is 22.0 Å². The van der Waals surface area contributed by atoms with Gasteiger partial charge in [-0.05, 0) is 35.9 Å². The summed E-state index contributed by atoms with van der Waals surface area (Å²) in [5, 5.41) is 0.601. The predicted molar refractivity (Wildman–Crippen MR) is 97.9 cm³/mol. The van der Waals surface area contributed by atoms with Gasteiger partial charge in [0.1, 0.15) is 6.04 Å². The molecule has 0 saturated carbocycles. The van der Waals surface area contributed by atoms with Crippen molar-refractivity contribution in [1.29, 1.82) is 0 Å². The summed E-state index contributed by atoms with van der Waals surface area (Å²) in [6, 6.07) is 10.0. The predicted octanol–water partition coefficient (Wildman–Crippen LogP) is 2.41. The van der Waals surface area contributed by atoms with Crippen molar-refractivity contribution in [1.82, 2.24) is 14.8 Å². The van der Waals surface area contributed by atoms with E-state index in [1.165, 1.54) is 7.11 Å². The molecule has 7 heteroatoms. The van der Waals surface area contributed by atoms with Gasteiger partial charge in [-0.25, -0.2) is 4.79 Å². The summed E-state index contributed by atoms with van der Waals surface area (Å²) in [6.07, 6.45) is 3.34. The van der Waals surface area contributed by atoms with Crippen molar-refractivity contribution < 1.29 is 14.3 Å². The Kier molecular flexibility index (Phi) is 5.85. The molecule has 0 bridgehead atoms. The summed E-state index contributed by atoms with van der Waals surface area (Å²) < 4.78 is 4.97. The van der Waals surface area contributed by atoms with E-state index in [0.29, 0.717) is 36.8 Å². The number of piperazine rings is 1. The fourth-order valence-corrected chi connectivity index (χ4v) is 3.23. The van der Waals surface area contributed by atoms with E-state index in [0.717, 1.165) is 5.56 Å². The van der Waals surface area contributed by atoms with Crippen molar-refractivity contribution in [2.45, 2.75) is 6.04 Å². The maximum Gasteiger partial charge on any atom is 0.327 e. The minimum atomic E-state index is -0.513. The molecule has 0 radical (unpaired) electrons. The van der Waals surface area contributed by atoms with Crippen molar-refractivity contribution >= 4 is 23.5 Å². The second-order valence-corrected chi connectivity index (χ2v) is 6.48. The molecule has 1 saturated heterocycles. The van der Waals surface area contributed by atoms with Gasteiger partial charge >= 0.3 is 5.97 Å². The number of rotatable bonds is 4. The Bertz CT molecular complexity index is 759. The summed E-state index contributed by atoms with van der Waals surface area (Å²) in [5.74, 6) is -0.354. The van der Waals surface area contributed by atoms with E-state index < -0.39 is 6.04 Å². The van der Waals surface area contributed by atoms with Gasteiger partial charge in [0.15, 0.2) is 0 Å². The average Bonchev–Trinajstić information content (AvgIpc) is 2.69. The second kappa shape index (κ2) is 8.29. The zero-order chi connectivity index (χ0) is 18.5. The molecule has 26 heavy (non-hydrogen) atoms. The molecular formula is C19H20ClN3O3. The van der Waals surface area contributed by atoms with E-state index in [9.17, 15) is 9.59 Å². The van der Waals surface area contributed by atoms with Crippen molar-refractivity contribution in [3.63, 3.8) is 0 Å². The number of hydrogen-bond donors (Lipinski definition) is 0. The van der Waals surface area contributed by atoms with Crippen molar-refractivity contribution in [2.24, 2.45) is 0 Å². The molecule has 6 nitrogen and oxygen atoms in total. The first-order chi connectivity index (χ1) is 12.6. The van der Waals surface area contributed by atoms with Crippen LogP contribution < -0.4 is 0 Å². The van der Waals surface area contributed by atoms with Crippen molar-refractivity contribution in [3.05, 3.63) is 64.9 Å². The lowest BCUT2D eigenvalue weighted by Gasteiger charge is -2.38. The van der Waals surface area contributed by atoms with Crippen LogP contribution in [-0.2, 0) is 9.53 Å². The molecule has 136 valence electrons. The van der Waals surface area contributed by atoms with Crippen LogP contribution in [0.2, 0.25) is 5.02 Å². The molecule has 1 aliphatic rings. The molecule has 3 rings (SSSR count). The van der Waals surface area contributed by atoms with Gasteiger partial charge in [-0.1, -0.05) is 17.7 Å². The third-order valence-corrected chi connectivity index (χ3v) is 4.73. The zero-order valence-corrected chi connectivity index (χ0v) is 15.2. The molecule has 1 amide bonds. The maximum atomic E-state index is 12.6. The van der Waals surface area contributed by atoms with Gasteiger partial charge in [0.25, 0.3) is 5.91 Å². The number of halogens is 1. The van der Waals surface area contributed by atoms with Crippen LogP contribution in [0.3, 0.4) is 0 Å². The average molecular weight is 374 g/mol. The van der Waals surface area contributed by atoms with Crippen LogP contribution >= 0.6 is 11.6 Å². The Morgan fingerprint density at radius 1 is 1.12 bits per heavy atom. The first-order valence-corrected chi connectivity index (χ1v) is 8.74. The lowest BCUT2D eigenvalue weighted by Crippen LogP contribution is -2.51. The van der Waals surface area contributed by atoms with E-state index in [4.69, 9.17) is 16.3 Å². The normalized spacial score (nSPS) is 16.2. The Hall–Kier alpha value is -2.44. The van der Waals surface area contributed by atoms with E-state index in [1.807, 2.05) is 11.0 Å². The van der Waals surface area contributed by atoms with E-state index in [1.54, 1.807) is 47.6 Å². The fourth-order valence-electron chi connectivity index (χ4n) is 3.10. The Morgan fingerprint density at radius 2 is 1.81 bits per heavy atom. The third-order valence-electron chi connectivity index (χ3n) is 4.48. The first kappa shape index (κ1) is 18.4. The summed E-state index contributed by atoms with van der Waals surface area (Å²) in [4.78, 5) is 32.8. The van der Waals surface area contributed by atoms with Gasteiger partial charge in [-0.3, -0.25) is 14.7 Å². The van der Waals surface area contributed by atoms with Crippen LogP contribution in [0.4, 0.5) is 0 Å². The summed E-state index contributed by atoms with van der Waals surface area (Å²) >= 11 is 5.88. The number of benzene rings is 1. The maximum absolute atomic E-state index is 12.6. The second-order valence-electron chi connectivity index (χ2n) is 6.05. The van der Waals surface area contributed by atoms with Gasteiger partial charge in [0.2, 0.25) is 0 Å². The standard InChI is InChI=1S/C19H20ClN3O3/c1-26-19(25)17(15-3-2-8-21-13-15)22-9-11-23(12-10-22)18(24)14-4-6-16(20)7-5-14/h2-8,13,17H,9-12H2,1H3/t17-/m1/s1. The van der Waals surface area contributed by atoms with E-state index in [2.05, 4.69) is 4.98 Å². The van der Waals surface area contributed by atoms with Gasteiger partial charge < -0.3 is 9.64 Å². The summed E-state index contributed by atoms with van der Waals surface area (Å²) in [7, 11) is 1.38. The zero-order valence-electron chi connectivity index (χ0n) is 14.5. The molecule has 1 aromatic heterocycles. The van der Waals surface area contributed by atoms with Gasteiger partial charge in [-0.2, -0.15) is 0 Å². The lowest BCUT2D eigenvalue weighted by atomic mass is 10.1. The number of esters is 1. The number of pyridine rings is 1. The number of hydrogen-bond acceptors (Lipinski definition) is 5. The molecule has 1 atom stereocenters. The number of nitrogens with zero attached hydrogens (tertiary/aromatic N) is 3. The molecule has 0 N–H and O–H groups in total. The molecule has 2 aromatic rings. The molecule has 1 fully saturated rings. The molecule has 0 unspecified atom stereocenters. The van der Waals surface area contributed by atoms with Crippen LogP contribution in [-0.4, -0.2) is 59.9 Å². The third kappa shape index (κ3) is 4.03. The number of carbonyl (C=O) groups excluding carboxylic acids is 2. The minimum Gasteiger partial charge on any atom is -0.468 e. The highest BCUT2D eigenvalue weighted by atomic mass is 35.5. The van der Waals surface area contributed by atoms with Crippen molar-refractivity contribution in [2.75, 3.05) is 33.3 Å². The number of carbonyl (C=O) groups is 2.